The molecular formula is C24H23NO3. The number of carbonyl (C=O) groups excluding carboxylic acids is 1. The zero-order valence-electron chi connectivity index (χ0n) is 15.6. The Balaban J connectivity index is 1.42. The summed E-state index contributed by atoms with van der Waals surface area (Å²) in [5, 5.41) is 3.03. The predicted octanol–water partition coefficient (Wildman–Crippen LogP) is 4.66. The van der Waals surface area contributed by atoms with Gasteiger partial charge in [-0.05, 0) is 42.7 Å². The zero-order chi connectivity index (χ0) is 19.2. The maximum atomic E-state index is 12.7. The van der Waals surface area contributed by atoms with E-state index in [1.165, 1.54) is 0 Å². The molecule has 1 fully saturated rings. The normalized spacial score (nSPS) is 14.1. The molecule has 0 saturated heterocycles. The molecule has 1 amide bonds. The van der Waals surface area contributed by atoms with E-state index in [-0.39, 0.29) is 11.9 Å². The molecule has 1 saturated carbocycles. The van der Waals surface area contributed by atoms with Crippen LogP contribution in [-0.4, -0.2) is 11.9 Å². The Morgan fingerprint density at radius 1 is 0.857 bits per heavy atom. The van der Waals surface area contributed by atoms with Gasteiger partial charge in [-0.3, -0.25) is 4.79 Å². The van der Waals surface area contributed by atoms with Crippen LogP contribution in [0, 0.1) is 0 Å². The lowest BCUT2D eigenvalue weighted by molar-refractivity contribution is -0.128. The molecule has 1 atom stereocenters. The topological polar surface area (TPSA) is 47.6 Å². The van der Waals surface area contributed by atoms with Crippen molar-refractivity contribution in [1.29, 1.82) is 0 Å². The molecule has 0 heterocycles. The number of hydrogen-bond donors (Lipinski definition) is 1. The maximum absolute atomic E-state index is 12.7. The minimum Gasteiger partial charge on any atom is -0.489 e. The lowest BCUT2D eigenvalue weighted by Gasteiger charge is -2.19. The van der Waals surface area contributed by atoms with Crippen molar-refractivity contribution in [1.82, 2.24) is 5.32 Å². The lowest BCUT2D eigenvalue weighted by atomic mass is 10.1. The summed E-state index contributed by atoms with van der Waals surface area (Å²) in [6.07, 6.45) is 1.42. The highest BCUT2D eigenvalue weighted by Gasteiger charge is 2.29. The Labute approximate surface area is 165 Å². The van der Waals surface area contributed by atoms with Gasteiger partial charge in [0, 0.05) is 11.6 Å². The van der Waals surface area contributed by atoms with E-state index in [1.807, 2.05) is 84.9 Å². The van der Waals surface area contributed by atoms with Crippen LogP contribution in [0.5, 0.6) is 11.5 Å². The first kappa shape index (κ1) is 18.1. The van der Waals surface area contributed by atoms with Crippen LogP contribution < -0.4 is 14.8 Å². The van der Waals surface area contributed by atoms with Gasteiger partial charge in [-0.25, -0.2) is 0 Å². The maximum Gasteiger partial charge on any atom is 0.266 e. The average Bonchev–Trinajstić information content (AvgIpc) is 3.56. The van der Waals surface area contributed by atoms with Crippen molar-refractivity contribution < 1.29 is 14.3 Å². The highest BCUT2D eigenvalue weighted by atomic mass is 16.5. The van der Waals surface area contributed by atoms with Crippen molar-refractivity contribution >= 4 is 5.91 Å². The molecule has 28 heavy (non-hydrogen) atoms. The van der Waals surface area contributed by atoms with Gasteiger partial charge in [0.1, 0.15) is 18.1 Å². The Bertz CT molecular complexity index is 890. The number of ether oxygens (including phenoxy) is 2. The summed E-state index contributed by atoms with van der Waals surface area (Å²) in [4.78, 5) is 12.7. The summed E-state index contributed by atoms with van der Waals surface area (Å²) >= 11 is 0. The molecule has 0 aliphatic heterocycles. The van der Waals surface area contributed by atoms with Gasteiger partial charge in [-0.15, -0.1) is 0 Å². The standard InChI is InChI=1S/C24H23NO3/c26-24(25-20-11-12-20)23(19-9-5-2-6-10-19)28-22-15-13-21(14-16-22)27-17-18-7-3-1-4-8-18/h1-10,13-16,20,23H,11-12,17H2,(H,25,26)/t23-/m0/s1. The summed E-state index contributed by atoms with van der Waals surface area (Å²) in [7, 11) is 0. The van der Waals surface area contributed by atoms with Crippen LogP contribution in [0.3, 0.4) is 0 Å². The molecule has 0 spiro atoms. The molecule has 0 radical (unpaired) electrons. The summed E-state index contributed by atoms with van der Waals surface area (Å²) in [5.41, 5.74) is 1.95. The fraction of sp³-hybridized carbons (Fsp3) is 0.208. The van der Waals surface area contributed by atoms with Crippen LogP contribution in [0.4, 0.5) is 0 Å². The number of rotatable bonds is 8. The second kappa shape index (κ2) is 8.61. The smallest absolute Gasteiger partial charge is 0.266 e. The molecule has 3 aromatic carbocycles. The first-order valence-corrected chi connectivity index (χ1v) is 9.57. The third-order valence-corrected chi connectivity index (χ3v) is 4.59. The predicted molar refractivity (Wildman–Crippen MR) is 108 cm³/mol. The fourth-order valence-corrected chi connectivity index (χ4v) is 2.90. The second-order valence-corrected chi connectivity index (χ2v) is 6.94. The summed E-state index contributed by atoms with van der Waals surface area (Å²) < 4.78 is 11.9. The number of hydrogen-bond acceptors (Lipinski definition) is 3. The van der Waals surface area contributed by atoms with Gasteiger partial charge < -0.3 is 14.8 Å². The molecule has 3 aromatic rings. The van der Waals surface area contributed by atoms with Gasteiger partial charge in [-0.1, -0.05) is 60.7 Å². The van der Waals surface area contributed by atoms with E-state index < -0.39 is 6.10 Å². The van der Waals surface area contributed by atoms with Crippen LogP contribution in [-0.2, 0) is 11.4 Å². The Kier molecular flexibility index (Phi) is 5.57. The SMILES string of the molecule is O=C(NC1CC1)[C@@H](Oc1ccc(OCc2ccccc2)cc1)c1ccccc1. The van der Waals surface area contributed by atoms with Crippen molar-refractivity contribution in [2.75, 3.05) is 0 Å². The van der Waals surface area contributed by atoms with E-state index in [0.29, 0.717) is 12.4 Å². The largest absolute Gasteiger partial charge is 0.489 e. The van der Waals surface area contributed by atoms with Gasteiger partial charge in [0.05, 0.1) is 0 Å². The minimum atomic E-state index is -0.669. The first-order chi connectivity index (χ1) is 13.8. The molecule has 0 aromatic heterocycles. The van der Waals surface area contributed by atoms with Crippen molar-refractivity contribution in [3.8, 4) is 11.5 Å². The van der Waals surface area contributed by atoms with E-state index >= 15 is 0 Å². The molecule has 1 aliphatic rings. The quantitative estimate of drug-likeness (QED) is 0.624. The molecule has 4 heteroatoms. The van der Waals surface area contributed by atoms with Crippen LogP contribution >= 0.6 is 0 Å². The zero-order valence-corrected chi connectivity index (χ0v) is 15.6. The summed E-state index contributed by atoms with van der Waals surface area (Å²) in [5.74, 6) is 1.29. The van der Waals surface area contributed by atoms with E-state index in [9.17, 15) is 4.79 Å². The molecule has 0 unspecified atom stereocenters. The third kappa shape index (κ3) is 4.92. The fourth-order valence-electron chi connectivity index (χ4n) is 2.90. The number of carbonyl (C=O) groups is 1. The van der Waals surface area contributed by atoms with Crippen LogP contribution in [0.1, 0.15) is 30.1 Å². The first-order valence-electron chi connectivity index (χ1n) is 9.57. The highest BCUT2D eigenvalue weighted by molar-refractivity contribution is 5.83. The van der Waals surface area contributed by atoms with E-state index in [0.717, 1.165) is 29.7 Å². The number of benzene rings is 3. The summed E-state index contributed by atoms with van der Waals surface area (Å²) in [6, 6.07) is 27.3. The second-order valence-electron chi connectivity index (χ2n) is 6.94. The van der Waals surface area contributed by atoms with Crippen molar-refractivity contribution in [2.24, 2.45) is 0 Å². The third-order valence-electron chi connectivity index (χ3n) is 4.59. The highest BCUT2D eigenvalue weighted by Crippen LogP contribution is 2.27. The van der Waals surface area contributed by atoms with Gasteiger partial charge in [-0.2, -0.15) is 0 Å². The van der Waals surface area contributed by atoms with Crippen LogP contribution in [0.25, 0.3) is 0 Å². The van der Waals surface area contributed by atoms with E-state index in [2.05, 4.69) is 5.32 Å². The Morgan fingerprint density at radius 3 is 2.11 bits per heavy atom. The lowest BCUT2D eigenvalue weighted by Crippen LogP contribution is -2.33. The van der Waals surface area contributed by atoms with Gasteiger partial charge in [0.2, 0.25) is 6.10 Å². The van der Waals surface area contributed by atoms with E-state index in [4.69, 9.17) is 9.47 Å². The summed E-state index contributed by atoms with van der Waals surface area (Å²) in [6.45, 7) is 0.511. The Hall–Kier alpha value is -3.27. The van der Waals surface area contributed by atoms with Crippen LogP contribution in [0.15, 0.2) is 84.9 Å². The molecule has 0 bridgehead atoms. The molecule has 4 nitrogen and oxygen atoms in total. The van der Waals surface area contributed by atoms with E-state index in [1.54, 1.807) is 0 Å². The monoisotopic (exact) mass is 373 g/mol. The number of amides is 1. The molecule has 4 rings (SSSR count). The Morgan fingerprint density at radius 2 is 1.46 bits per heavy atom. The molecular weight excluding hydrogens is 350 g/mol. The van der Waals surface area contributed by atoms with Gasteiger partial charge >= 0.3 is 0 Å². The van der Waals surface area contributed by atoms with Crippen LogP contribution in [0.2, 0.25) is 0 Å². The minimum absolute atomic E-state index is 0.0990. The van der Waals surface area contributed by atoms with Gasteiger partial charge in [0.15, 0.2) is 0 Å². The molecule has 1 aliphatic carbocycles. The average molecular weight is 373 g/mol. The molecule has 142 valence electrons. The van der Waals surface area contributed by atoms with Crippen molar-refractivity contribution in [3.63, 3.8) is 0 Å². The number of nitrogens with one attached hydrogen (secondary N) is 1. The molecule has 1 N–H and O–H groups in total. The van der Waals surface area contributed by atoms with Crippen molar-refractivity contribution in [2.45, 2.75) is 31.6 Å². The van der Waals surface area contributed by atoms with Crippen molar-refractivity contribution in [3.05, 3.63) is 96.1 Å². The van der Waals surface area contributed by atoms with Gasteiger partial charge in [0.25, 0.3) is 5.91 Å².